The molecular formula is C5H7F2N3O2. The van der Waals surface area contributed by atoms with E-state index < -0.39 is 12.2 Å². The van der Waals surface area contributed by atoms with Crippen molar-refractivity contribution in [2.45, 2.75) is 13.2 Å². The van der Waals surface area contributed by atoms with Crippen LogP contribution in [0.15, 0.2) is 17.1 Å². The van der Waals surface area contributed by atoms with E-state index in [-0.39, 0.29) is 11.2 Å². The van der Waals surface area contributed by atoms with Crippen LogP contribution in [-0.2, 0) is 4.74 Å². The Kier molecular flexibility index (Phi) is 2.44. The average molecular weight is 179 g/mol. The molecule has 0 aliphatic carbocycles. The minimum atomic E-state index is -1.17. The van der Waals surface area contributed by atoms with Crippen LogP contribution >= 0.6 is 0 Å². The highest BCUT2D eigenvalue weighted by Crippen LogP contribution is 2.05. The summed E-state index contributed by atoms with van der Waals surface area (Å²) in [5, 5.41) is 11.4. The lowest BCUT2D eigenvalue weighted by molar-refractivity contribution is -0.0466. The van der Waals surface area contributed by atoms with Gasteiger partial charge in [0.2, 0.25) is 11.8 Å². The molecule has 5 nitrogen and oxygen atoms in total. The van der Waals surface area contributed by atoms with Crippen molar-refractivity contribution in [2.24, 2.45) is 5.10 Å². The number of halogens is 2. The van der Waals surface area contributed by atoms with Crippen LogP contribution in [0.2, 0.25) is 0 Å². The maximum atomic E-state index is 12.4. The molecule has 1 rings (SSSR count). The zero-order valence-electron chi connectivity index (χ0n) is 6.16. The van der Waals surface area contributed by atoms with Gasteiger partial charge in [-0.1, -0.05) is 9.58 Å². The third kappa shape index (κ3) is 2.35. The minimum absolute atomic E-state index is 0.344. The van der Waals surface area contributed by atoms with E-state index in [0.29, 0.717) is 0 Å². The van der Waals surface area contributed by atoms with Crippen LogP contribution in [0.5, 0.6) is 0 Å². The van der Waals surface area contributed by atoms with Crippen molar-refractivity contribution in [2.75, 3.05) is 0 Å². The Morgan fingerprint density at radius 2 is 2.50 bits per heavy atom. The Bertz CT molecular complexity index is 229. The second kappa shape index (κ2) is 3.35. The van der Waals surface area contributed by atoms with Gasteiger partial charge in [0.15, 0.2) is 6.29 Å². The van der Waals surface area contributed by atoms with Crippen molar-refractivity contribution in [1.29, 1.82) is 0 Å². The van der Waals surface area contributed by atoms with Crippen LogP contribution in [-0.4, -0.2) is 22.6 Å². The van der Waals surface area contributed by atoms with E-state index in [4.69, 9.17) is 5.11 Å². The molecule has 0 radical (unpaired) electrons. The van der Waals surface area contributed by atoms with Gasteiger partial charge in [0.25, 0.3) is 0 Å². The predicted molar refractivity (Wildman–Crippen MR) is 35.5 cm³/mol. The molecule has 68 valence electrons. The van der Waals surface area contributed by atoms with Crippen LogP contribution in [0.1, 0.15) is 6.92 Å². The largest absolute Gasteiger partial charge is 0.447 e. The lowest BCUT2D eigenvalue weighted by Gasteiger charge is -2.16. The third-order valence-electron chi connectivity index (χ3n) is 0.927. The molecule has 0 amide bonds. The lowest BCUT2D eigenvalue weighted by atomic mass is 10.5. The Labute approximate surface area is 66.8 Å². The second-order valence-corrected chi connectivity index (χ2v) is 2.02. The number of hydrazone groups is 1. The molecule has 0 aromatic rings. The molecule has 1 aliphatic heterocycles. The average Bonchev–Trinajstić information content (AvgIpc) is 1.81. The van der Waals surface area contributed by atoms with E-state index in [1.807, 2.05) is 0 Å². The number of ether oxygens (including phenoxy) is 1. The standard InChI is InChI=1S/C5H7F2N3O2/c1-3(11)12-5-2-4(6)8-10(7)9-5/h2-3,8,11H,1H3. The zero-order valence-corrected chi connectivity index (χ0v) is 6.16. The molecule has 0 aromatic heterocycles. The Morgan fingerprint density at radius 3 is 3.00 bits per heavy atom. The molecule has 0 fully saturated rings. The first kappa shape index (κ1) is 8.72. The summed E-state index contributed by atoms with van der Waals surface area (Å²) >= 11 is 0. The number of aliphatic hydroxyl groups excluding tert-OH is 1. The van der Waals surface area contributed by atoms with Crippen molar-refractivity contribution in [3.63, 3.8) is 0 Å². The van der Waals surface area contributed by atoms with Crippen LogP contribution in [0.4, 0.5) is 8.87 Å². The fourth-order valence-electron chi connectivity index (χ4n) is 0.602. The van der Waals surface area contributed by atoms with Gasteiger partial charge in [-0.3, -0.25) is 0 Å². The van der Waals surface area contributed by atoms with Gasteiger partial charge in [-0.2, -0.15) is 4.39 Å². The number of nitrogens with one attached hydrogen (secondary N) is 1. The smallest absolute Gasteiger partial charge is 0.242 e. The number of hydrazine groups is 1. The molecule has 1 atom stereocenters. The summed E-state index contributed by atoms with van der Waals surface area (Å²) in [5.41, 5.74) is 1.59. The summed E-state index contributed by atoms with van der Waals surface area (Å²) in [6.07, 6.45) is -0.359. The first-order valence-electron chi connectivity index (χ1n) is 3.11. The summed E-state index contributed by atoms with van der Waals surface area (Å²) in [7, 11) is 0. The van der Waals surface area contributed by atoms with Gasteiger partial charge in [-0.05, 0) is 12.3 Å². The van der Waals surface area contributed by atoms with Crippen LogP contribution in [0, 0.1) is 0 Å². The second-order valence-electron chi connectivity index (χ2n) is 2.02. The Hall–Kier alpha value is -1.37. The van der Waals surface area contributed by atoms with Gasteiger partial charge in [0, 0.05) is 0 Å². The van der Waals surface area contributed by atoms with Crippen molar-refractivity contribution in [3.8, 4) is 0 Å². The highest BCUT2D eigenvalue weighted by molar-refractivity contribution is 5.88. The fraction of sp³-hybridized carbons (Fsp3) is 0.400. The number of rotatable bonds is 1. The fourth-order valence-corrected chi connectivity index (χ4v) is 0.602. The molecule has 1 aliphatic rings. The summed E-state index contributed by atoms with van der Waals surface area (Å²) < 4.78 is 29.1. The van der Waals surface area contributed by atoms with Crippen molar-refractivity contribution >= 4 is 5.90 Å². The van der Waals surface area contributed by atoms with Gasteiger partial charge in [0.1, 0.15) is 0 Å². The summed E-state index contributed by atoms with van der Waals surface area (Å²) in [5.74, 6) is -1.30. The number of nitrogens with zero attached hydrogens (tertiary/aromatic N) is 2. The molecule has 0 aromatic carbocycles. The first-order chi connectivity index (χ1) is 5.58. The molecule has 12 heavy (non-hydrogen) atoms. The molecule has 2 N–H and O–H groups in total. The topological polar surface area (TPSA) is 57.1 Å². The number of aliphatic hydroxyl groups is 1. The van der Waals surface area contributed by atoms with Gasteiger partial charge in [-0.25, -0.2) is 5.43 Å². The maximum Gasteiger partial charge on any atom is 0.242 e. The van der Waals surface area contributed by atoms with Gasteiger partial charge in [0.05, 0.1) is 6.08 Å². The molecule has 1 unspecified atom stereocenters. The highest BCUT2D eigenvalue weighted by Gasteiger charge is 2.13. The monoisotopic (exact) mass is 179 g/mol. The van der Waals surface area contributed by atoms with E-state index in [2.05, 4.69) is 9.84 Å². The van der Waals surface area contributed by atoms with Crippen molar-refractivity contribution in [1.82, 2.24) is 10.8 Å². The Morgan fingerprint density at radius 1 is 1.83 bits per heavy atom. The van der Waals surface area contributed by atoms with Crippen molar-refractivity contribution < 1.29 is 18.7 Å². The van der Waals surface area contributed by atoms with E-state index in [1.165, 1.54) is 6.92 Å². The summed E-state index contributed by atoms with van der Waals surface area (Å²) in [6, 6.07) is 0. The minimum Gasteiger partial charge on any atom is -0.447 e. The molecule has 0 saturated carbocycles. The molecule has 7 heteroatoms. The highest BCUT2D eigenvalue weighted by atomic mass is 19.2. The number of hydrogen-bond donors (Lipinski definition) is 2. The van der Waals surface area contributed by atoms with Crippen molar-refractivity contribution in [3.05, 3.63) is 12.0 Å². The lowest BCUT2D eigenvalue weighted by Crippen LogP contribution is -2.30. The van der Waals surface area contributed by atoms with Crippen LogP contribution in [0.3, 0.4) is 0 Å². The van der Waals surface area contributed by atoms with Gasteiger partial charge in [-0.15, -0.1) is 0 Å². The zero-order chi connectivity index (χ0) is 9.14. The molecular weight excluding hydrogens is 172 g/mol. The molecule has 0 saturated heterocycles. The molecule has 0 spiro atoms. The summed E-state index contributed by atoms with van der Waals surface area (Å²) in [6.45, 7) is 1.29. The molecule has 0 bridgehead atoms. The third-order valence-corrected chi connectivity index (χ3v) is 0.927. The van der Waals surface area contributed by atoms with E-state index in [9.17, 15) is 8.87 Å². The van der Waals surface area contributed by atoms with E-state index >= 15 is 0 Å². The Balaban J connectivity index is 2.63. The maximum absolute atomic E-state index is 12.4. The van der Waals surface area contributed by atoms with Crippen LogP contribution in [0.25, 0.3) is 0 Å². The normalized spacial score (nSPS) is 19.2. The van der Waals surface area contributed by atoms with Gasteiger partial charge >= 0.3 is 0 Å². The quantitative estimate of drug-likeness (QED) is 0.342. The first-order valence-corrected chi connectivity index (χ1v) is 3.11. The van der Waals surface area contributed by atoms with E-state index in [1.54, 1.807) is 5.43 Å². The number of hydrogen-bond acceptors (Lipinski definition) is 5. The van der Waals surface area contributed by atoms with Crippen LogP contribution < -0.4 is 5.43 Å². The predicted octanol–water partition coefficient (Wildman–Crippen LogP) is 0.170. The van der Waals surface area contributed by atoms with Gasteiger partial charge < -0.3 is 9.84 Å². The van der Waals surface area contributed by atoms with E-state index in [0.717, 1.165) is 6.08 Å². The SMILES string of the molecule is CC(O)OC1=NN(F)NC(F)=C1. The molecule has 1 heterocycles. The summed E-state index contributed by atoms with van der Waals surface area (Å²) in [4.78, 5) is 0.